The van der Waals surface area contributed by atoms with E-state index >= 15 is 0 Å². The minimum absolute atomic E-state index is 0.235. The summed E-state index contributed by atoms with van der Waals surface area (Å²) in [5.41, 5.74) is 5.41. The molecule has 0 heterocycles. The molecule has 0 radical (unpaired) electrons. The van der Waals surface area contributed by atoms with Crippen molar-refractivity contribution in [3.05, 3.63) is 0 Å². The van der Waals surface area contributed by atoms with Crippen molar-refractivity contribution in [2.24, 2.45) is 5.73 Å². The van der Waals surface area contributed by atoms with Crippen LogP contribution in [0, 0.1) is 11.3 Å². The Morgan fingerprint density at radius 2 is 2.25 bits per heavy atom. The zero-order valence-corrected chi connectivity index (χ0v) is 8.18. The van der Waals surface area contributed by atoms with E-state index in [1.165, 1.54) is 0 Å². The summed E-state index contributed by atoms with van der Waals surface area (Å²) < 4.78 is 0. The number of aliphatic hydroxyl groups is 1. The molecule has 0 aliphatic heterocycles. The number of nitrogens with two attached hydrogens (primary N) is 1. The Balaban J connectivity index is 3.25. The van der Waals surface area contributed by atoms with Gasteiger partial charge in [-0.1, -0.05) is 6.92 Å². The quantitative estimate of drug-likeness (QED) is 0.644. The van der Waals surface area contributed by atoms with Crippen LogP contribution in [0.3, 0.4) is 0 Å². The van der Waals surface area contributed by atoms with E-state index in [1.54, 1.807) is 11.8 Å². The van der Waals surface area contributed by atoms with Crippen molar-refractivity contribution >= 4 is 11.8 Å². The molecular weight excluding hydrogens is 172 g/mol. The van der Waals surface area contributed by atoms with E-state index in [0.29, 0.717) is 5.25 Å². The smallest absolute Gasteiger partial charge is 0.0935 e. The van der Waals surface area contributed by atoms with Crippen LogP contribution in [-0.4, -0.2) is 28.8 Å². The normalized spacial score (nSPS) is 15.2. The highest BCUT2D eigenvalue weighted by Gasteiger charge is 2.03. The highest BCUT2D eigenvalue weighted by Crippen LogP contribution is 2.14. The third-order valence-electron chi connectivity index (χ3n) is 1.53. The van der Waals surface area contributed by atoms with Gasteiger partial charge in [0.1, 0.15) is 0 Å². The van der Waals surface area contributed by atoms with Crippen molar-refractivity contribution in [2.45, 2.75) is 31.1 Å². The molecule has 3 nitrogen and oxygen atoms in total. The van der Waals surface area contributed by atoms with Gasteiger partial charge in [-0.2, -0.15) is 17.0 Å². The van der Waals surface area contributed by atoms with Crippen LogP contribution in [0.4, 0.5) is 0 Å². The van der Waals surface area contributed by atoms with Crippen LogP contribution < -0.4 is 5.73 Å². The van der Waals surface area contributed by atoms with Crippen molar-refractivity contribution in [1.82, 2.24) is 0 Å². The topological polar surface area (TPSA) is 70.0 Å². The average Bonchev–Trinajstić information content (AvgIpc) is 2.04. The predicted molar refractivity (Wildman–Crippen MR) is 51.8 cm³/mol. The highest BCUT2D eigenvalue weighted by molar-refractivity contribution is 7.99. The maximum absolute atomic E-state index is 8.60. The van der Waals surface area contributed by atoms with Gasteiger partial charge in [0, 0.05) is 11.9 Å². The second-order valence-electron chi connectivity index (χ2n) is 2.72. The van der Waals surface area contributed by atoms with Crippen molar-refractivity contribution in [3.63, 3.8) is 0 Å². The van der Waals surface area contributed by atoms with E-state index in [4.69, 9.17) is 16.1 Å². The lowest BCUT2D eigenvalue weighted by molar-refractivity contribution is 0.289. The number of hydrogen-bond acceptors (Lipinski definition) is 4. The zero-order valence-electron chi connectivity index (χ0n) is 7.36. The van der Waals surface area contributed by atoms with Crippen molar-refractivity contribution in [2.75, 3.05) is 12.4 Å². The molecule has 0 aliphatic rings. The molecule has 2 unspecified atom stereocenters. The molecule has 0 aromatic heterocycles. The molecule has 0 spiro atoms. The number of thioether (sulfide) groups is 1. The Hall–Kier alpha value is -0.240. The van der Waals surface area contributed by atoms with Crippen LogP contribution in [0.25, 0.3) is 0 Å². The monoisotopic (exact) mass is 188 g/mol. The van der Waals surface area contributed by atoms with Gasteiger partial charge in [-0.3, -0.25) is 0 Å². The molecular formula is C8H16N2OS. The zero-order chi connectivity index (χ0) is 9.40. The number of aliphatic hydroxyl groups excluding tert-OH is 1. The summed E-state index contributed by atoms with van der Waals surface area (Å²) in [5.74, 6) is 0.899. The second-order valence-corrected chi connectivity index (χ2v) is 4.26. The number of nitrogens with zero attached hydrogens (tertiary/aromatic N) is 1. The summed E-state index contributed by atoms with van der Waals surface area (Å²) >= 11 is 1.75. The number of rotatable bonds is 6. The molecule has 0 amide bonds. The van der Waals surface area contributed by atoms with Crippen LogP contribution in [0.5, 0.6) is 0 Å². The minimum Gasteiger partial charge on any atom is -0.396 e. The van der Waals surface area contributed by atoms with E-state index < -0.39 is 0 Å². The SMILES string of the molecule is CC(CCO)SCCC(N)C#N. The second kappa shape index (κ2) is 7.41. The van der Waals surface area contributed by atoms with E-state index in [-0.39, 0.29) is 12.6 Å². The maximum Gasteiger partial charge on any atom is 0.0935 e. The van der Waals surface area contributed by atoms with Gasteiger partial charge in [-0.25, -0.2) is 0 Å². The molecule has 0 aliphatic carbocycles. The van der Waals surface area contributed by atoms with Crippen molar-refractivity contribution < 1.29 is 5.11 Å². The molecule has 0 fully saturated rings. The Morgan fingerprint density at radius 3 is 2.75 bits per heavy atom. The van der Waals surface area contributed by atoms with E-state index in [2.05, 4.69) is 6.92 Å². The highest BCUT2D eigenvalue weighted by atomic mass is 32.2. The Morgan fingerprint density at radius 1 is 1.58 bits per heavy atom. The van der Waals surface area contributed by atoms with Crippen LogP contribution in [-0.2, 0) is 0 Å². The van der Waals surface area contributed by atoms with E-state index in [0.717, 1.165) is 18.6 Å². The molecule has 0 rings (SSSR count). The van der Waals surface area contributed by atoms with E-state index in [9.17, 15) is 0 Å². The summed E-state index contributed by atoms with van der Waals surface area (Å²) in [7, 11) is 0. The van der Waals surface area contributed by atoms with Crippen LogP contribution in [0.2, 0.25) is 0 Å². The largest absolute Gasteiger partial charge is 0.396 e. The fourth-order valence-electron chi connectivity index (χ4n) is 0.726. The Kier molecular flexibility index (Phi) is 7.26. The first kappa shape index (κ1) is 11.8. The predicted octanol–water partition coefficient (Wildman–Crippen LogP) is 0.731. The van der Waals surface area contributed by atoms with Gasteiger partial charge in [0.25, 0.3) is 0 Å². The van der Waals surface area contributed by atoms with Gasteiger partial charge in [0.15, 0.2) is 0 Å². The molecule has 3 N–H and O–H groups in total. The molecule has 0 bridgehead atoms. The first-order valence-electron chi connectivity index (χ1n) is 4.08. The van der Waals surface area contributed by atoms with Gasteiger partial charge in [0.05, 0.1) is 12.1 Å². The van der Waals surface area contributed by atoms with Crippen LogP contribution in [0.1, 0.15) is 19.8 Å². The lowest BCUT2D eigenvalue weighted by atomic mass is 10.3. The van der Waals surface area contributed by atoms with Crippen LogP contribution >= 0.6 is 11.8 Å². The van der Waals surface area contributed by atoms with Gasteiger partial charge < -0.3 is 10.8 Å². The first-order chi connectivity index (χ1) is 5.70. The summed E-state index contributed by atoms with van der Waals surface area (Å²) in [5, 5.41) is 17.4. The third-order valence-corrected chi connectivity index (χ3v) is 2.81. The molecule has 12 heavy (non-hydrogen) atoms. The summed E-state index contributed by atoms with van der Waals surface area (Å²) in [6.07, 6.45) is 1.55. The summed E-state index contributed by atoms with van der Waals surface area (Å²) in [4.78, 5) is 0. The summed E-state index contributed by atoms with van der Waals surface area (Å²) in [6.45, 7) is 2.30. The minimum atomic E-state index is -0.334. The Labute approximate surface area is 77.9 Å². The molecule has 0 aromatic carbocycles. The molecule has 0 saturated carbocycles. The van der Waals surface area contributed by atoms with Gasteiger partial charge >= 0.3 is 0 Å². The van der Waals surface area contributed by atoms with Crippen LogP contribution in [0.15, 0.2) is 0 Å². The van der Waals surface area contributed by atoms with E-state index in [1.807, 2.05) is 6.07 Å². The standard InChI is InChI=1S/C8H16N2OS/c1-7(2-4-11)12-5-3-8(10)6-9/h7-8,11H,2-5,10H2,1H3. The van der Waals surface area contributed by atoms with Crippen molar-refractivity contribution in [1.29, 1.82) is 5.26 Å². The van der Waals surface area contributed by atoms with Crippen molar-refractivity contribution in [3.8, 4) is 6.07 Å². The molecule has 70 valence electrons. The van der Waals surface area contributed by atoms with Gasteiger partial charge in [0.2, 0.25) is 0 Å². The first-order valence-corrected chi connectivity index (χ1v) is 5.13. The fraction of sp³-hybridized carbons (Fsp3) is 0.875. The van der Waals surface area contributed by atoms with Gasteiger partial charge in [-0.05, 0) is 18.6 Å². The molecule has 2 atom stereocenters. The lowest BCUT2D eigenvalue weighted by Gasteiger charge is -2.09. The molecule has 0 aromatic rings. The summed E-state index contributed by atoms with van der Waals surface area (Å²) in [6, 6.07) is 1.65. The number of hydrogen-bond donors (Lipinski definition) is 2. The molecule has 0 saturated heterocycles. The third kappa shape index (κ3) is 6.47. The maximum atomic E-state index is 8.60. The Bertz CT molecular complexity index is 146. The fourth-order valence-corrected chi connectivity index (χ4v) is 1.79. The average molecular weight is 188 g/mol. The number of nitriles is 1. The molecule has 4 heteroatoms. The van der Waals surface area contributed by atoms with Gasteiger partial charge in [-0.15, -0.1) is 0 Å². The lowest BCUT2D eigenvalue weighted by Crippen LogP contribution is -2.18.